The Hall–Kier alpha value is -0.770. The van der Waals surface area contributed by atoms with Gasteiger partial charge in [0.2, 0.25) is 5.91 Å². The fourth-order valence-corrected chi connectivity index (χ4v) is 0.306. The second-order valence-electron chi connectivity index (χ2n) is 1.60. The van der Waals surface area contributed by atoms with E-state index in [4.69, 9.17) is 11.6 Å². The van der Waals surface area contributed by atoms with Crippen LogP contribution in [-0.2, 0) is 9.53 Å². The summed E-state index contributed by atoms with van der Waals surface area (Å²) in [5.74, 6) is -0.562. The van der Waals surface area contributed by atoms with Gasteiger partial charge in [0.05, 0.1) is 7.11 Å². The maximum Gasteiger partial charge on any atom is 0.413 e. The highest BCUT2D eigenvalue weighted by molar-refractivity contribution is 6.31. The molecule has 1 atom stereocenters. The van der Waals surface area contributed by atoms with Gasteiger partial charge in [-0.1, -0.05) is 0 Å². The smallest absolute Gasteiger partial charge is 0.413 e. The molecule has 0 aromatic rings. The molecule has 0 aromatic heterocycles. The van der Waals surface area contributed by atoms with E-state index < -0.39 is 17.4 Å². The molecule has 10 heavy (non-hydrogen) atoms. The number of halogens is 1. The van der Waals surface area contributed by atoms with Crippen molar-refractivity contribution in [2.45, 2.75) is 12.3 Å². The van der Waals surface area contributed by atoms with Crippen LogP contribution in [0.2, 0.25) is 0 Å². The average molecular weight is 166 g/mol. The van der Waals surface area contributed by atoms with Crippen LogP contribution in [0.4, 0.5) is 4.79 Å². The normalized spacial score (nSPS) is 11.9. The molecule has 0 aromatic carbocycles. The van der Waals surface area contributed by atoms with Crippen molar-refractivity contribution >= 4 is 23.6 Å². The molecule has 2 amide bonds. The molecule has 0 fully saturated rings. The van der Waals surface area contributed by atoms with Gasteiger partial charge in [-0.3, -0.25) is 10.1 Å². The summed E-state index contributed by atoms with van der Waals surface area (Å²) in [7, 11) is 1.17. The zero-order chi connectivity index (χ0) is 8.15. The first-order chi connectivity index (χ1) is 4.57. The van der Waals surface area contributed by atoms with E-state index in [9.17, 15) is 9.59 Å². The summed E-state index contributed by atoms with van der Waals surface area (Å²) < 4.78 is 4.14. The molecule has 5 heteroatoms. The van der Waals surface area contributed by atoms with Crippen LogP contribution < -0.4 is 5.32 Å². The quantitative estimate of drug-likeness (QED) is 0.576. The summed E-state index contributed by atoms with van der Waals surface area (Å²) >= 11 is 5.31. The van der Waals surface area contributed by atoms with Crippen LogP contribution in [-0.4, -0.2) is 24.5 Å². The molecule has 58 valence electrons. The average Bonchev–Trinajstić information content (AvgIpc) is 1.87. The molecule has 0 rings (SSSR count). The number of hydrogen-bond acceptors (Lipinski definition) is 3. The SMILES string of the molecule is COC(=O)NC(=O)[C@H](C)Cl. The zero-order valence-electron chi connectivity index (χ0n) is 5.68. The van der Waals surface area contributed by atoms with E-state index in [1.165, 1.54) is 14.0 Å². The predicted molar refractivity (Wildman–Crippen MR) is 35.9 cm³/mol. The van der Waals surface area contributed by atoms with Gasteiger partial charge in [0.25, 0.3) is 0 Å². The maximum atomic E-state index is 10.6. The summed E-state index contributed by atoms with van der Waals surface area (Å²) in [5, 5.41) is 1.17. The van der Waals surface area contributed by atoms with Gasteiger partial charge in [-0.15, -0.1) is 11.6 Å². The number of imide groups is 1. The summed E-state index contributed by atoms with van der Waals surface area (Å²) in [6.45, 7) is 1.46. The number of amides is 2. The summed E-state index contributed by atoms with van der Waals surface area (Å²) in [6, 6.07) is 0. The minimum absolute atomic E-state index is 0.562. The highest BCUT2D eigenvalue weighted by Crippen LogP contribution is 1.91. The molecule has 1 N–H and O–H groups in total. The number of alkyl carbamates (subject to hydrolysis) is 1. The van der Waals surface area contributed by atoms with Gasteiger partial charge in [0.15, 0.2) is 0 Å². The Bertz CT molecular complexity index is 146. The molecule has 0 radical (unpaired) electrons. The number of alkyl halides is 1. The zero-order valence-corrected chi connectivity index (χ0v) is 6.44. The largest absolute Gasteiger partial charge is 0.453 e. The van der Waals surface area contributed by atoms with Gasteiger partial charge in [0, 0.05) is 0 Å². The second-order valence-corrected chi connectivity index (χ2v) is 2.25. The van der Waals surface area contributed by atoms with Crippen LogP contribution in [0.3, 0.4) is 0 Å². The Labute approximate surface area is 63.5 Å². The van der Waals surface area contributed by atoms with Crippen molar-refractivity contribution in [1.29, 1.82) is 0 Å². The van der Waals surface area contributed by atoms with Crippen LogP contribution in [0, 0.1) is 0 Å². The molecule has 0 aliphatic rings. The van der Waals surface area contributed by atoms with E-state index >= 15 is 0 Å². The molecule has 0 unspecified atom stereocenters. The molecule has 4 nitrogen and oxygen atoms in total. The molecule has 0 aliphatic heterocycles. The van der Waals surface area contributed by atoms with E-state index in [1.807, 2.05) is 5.32 Å². The minimum Gasteiger partial charge on any atom is -0.453 e. The molecule has 0 bridgehead atoms. The molecular formula is C5H8ClNO3. The lowest BCUT2D eigenvalue weighted by molar-refractivity contribution is -0.119. The fourth-order valence-electron chi connectivity index (χ4n) is 0.251. The van der Waals surface area contributed by atoms with Gasteiger partial charge in [-0.05, 0) is 6.92 Å². The molecule has 0 spiro atoms. The Morgan fingerprint density at radius 3 is 2.40 bits per heavy atom. The highest BCUT2D eigenvalue weighted by atomic mass is 35.5. The van der Waals surface area contributed by atoms with Crippen molar-refractivity contribution in [3.8, 4) is 0 Å². The Kier molecular flexibility index (Phi) is 3.79. The molecule has 0 saturated carbocycles. The van der Waals surface area contributed by atoms with E-state index in [1.54, 1.807) is 0 Å². The first-order valence-corrected chi connectivity index (χ1v) is 3.04. The summed E-state index contributed by atoms with van der Waals surface area (Å²) in [4.78, 5) is 20.9. The van der Waals surface area contributed by atoms with Crippen LogP contribution in [0.1, 0.15) is 6.92 Å². The Balaban J connectivity index is 3.69. The Morgan fingerprint density at radius 2 is 2.10 bits per heavy atom. The van der Waals surface area contributed by atoms with E-state index in [0.717, 1.165) is 0 Å². The standard InChI is InChI=1S/C5H8ClNO3/c1-3(6)4(8)7-5(9)10-2/h3H,1-2H3,(H,7,8,9)/t3-/m0/s1. The number of carbonyl (C=O) groups is 2. The maximum absolute atomic E-state index is 10.6. The number of carbonyl (C=O) groups excluding carboxylic acids is 2. The third-order valence-corrected chi connectivity index (χ3v) is 0.970. The van der Waals surface area contributed by atoms with Crippen LogP contribution in [0.5, 0.6) is 0 Å². The molecule has 0 saturated heterocycles. The highest BCUT2D eigenvalue weighted by Gasteiger charge is 2.11. The van der Waals surface area contributed by atoms with Gasteiger partial charge < -0.3 is 4.74 Å². The van der Waals surface area contributed by atoms with Gasteiger partial charge >= 0.3 is 6.09 Å². The predicted octanol–water partition coefficient (Wildman–Crippen LogP) is 0.496. The number of ether oxygens (including phenoxy) is 1. The third kappa shape index (κ3) is 3.29. The van der Waals surface area contributed by atoms with Gasteiger partial charge in [0.1, 0.15) is 5.38 Å². The van der Waals surface area contributed by atoms with E-state index in [0.29, 0.717) is 0 Å². The van der Waals surface area contributed by atoms with E-state index in [-0.39, 0.29) is 0 Å². The monoisotopic (exact) mass is 165 g/mol. The summed E-state index contributed by atoms with van der Waals surface area (Å²) in [6.07, 6.45) is -0.794. The number of methoxy groups -OCH3 is 1. The van der Waals surface area contributed by atoms with Crippen molar-refractivity contribution in [2.75, 3.05) is 7.11 Å². The van der Waals surface area contributed by atoms with Crippen molar-refractivity contribution in [3.05, 3.63) is 0 Å². The van der Waals surface area contributed by atoms with Crippen molar-refractivity contribution < 1.29 is 14.3 Å². The minimum atomic E-state index is -0.794. The van der Waals surface area contributed by atoms with Crippen LogP contribution in [0.25, 0.3) is 0 Å². The van der Waals surface area contributed by atoms with E-state index in [2.05, 4.69) is 4.74 Å². The molecule has 0 heterocycles. The lowest BCUT2D eigenvalue weighted by Crippen LogP contribution is -2.34. The number of nitrogens with one attached hydrogen (secondary N) is 1. The Morgan fingerprint density at radius 1 is 1.60 bits per heavy atom. The fraction of sp³-hybridized carbons (Fsp3) is 0.600. The van der Waals surface area contributed by atoms with Crippen molar-refractivity contribution in [2.24, 2.45) is 0 Å². The second kappa shape index (κ2) is 4.11. The van der Waals surface area contributed by atoms with Gasteiger partial charge in [-0.25, -0.2) is 4.79 Å². The van der Waals surface area contributed by atoms with Crippen molar-refractivity contribution in [3.63, 3.8) is 0 Å². The number of hydrogen-bond donors (Lipinski definition) is 1. The number of rotatable bonds is 1. The summed E-state index contributed by atoms with van der Waals surface area (Å²) in [5.41, 5.74) is 0. The topological polar surface area (TPSA) is 55.4 Å². The lowest BCUT2D eigenvalue weighted by Gasteiger charge is -2.01. The first-order valence-electron chi connectivity index (χ1n) is 2.60. The molecule has 0 aliphatic carbocycles. The van der Waals surface area contributed by atoms with Crippen LogP contribution in [0.15, 0.2) is 0 Å². The molecular weight excluding hydrogens is 158 g/mol. The lowest BCUT2D eigenvalue weighted by atomic mass is 10.4. The van der Waals surface area contributed by atoms with Crippen molar-refractivity contribution in [1.82, 2.24) is 5.32 Å². The van der Waals surface area contributed by atoms with Gasteiger partial charge in [-0.2, -0.15) is 0 Å². The third-order valence-electron chi connectivity index (χ3n) is 0.772. The van der Waals surface area contributed by atoms with Crippen LogP contribution >= 0.6 is 11.6 Å². The first kappa shape index (κ1) is 9.23.